The van der Waals surface area contributed by atoms with Gasteiger partial charge in [-0.05, 0) is 25.1 Å². The monoisotopic (exact) mass is 309 g/mol. The number of nitrogens with one attached hydrogen (secondary N) is 1. The average molecular weight is 309 g/mol. The highest BCUT2D eigenvalue weighted by Gasteiger charge is 2.07. The Morgan fingerprint density at radius 1 is 1.27 bits per heavy atom. The summed E-state index contributed by atoms with van der Waals surface area (Å²) in [6, 6.07) is 8.15. The second kappa shape index (κ2) is 5.38. The molecule has 0 bridgehead atoms. The first-order chi connectivity index (χ1) is 10.8. The number of imidazole rings is 1. The Morgan fingerprint density at radius 2 is 2.23 bits per heavy atom. The van der Waals surface area contributed by atoms with E-state index in [-0.39, 0.29) is 0 Å². The van der Waals surface area contributed by atoms with Crippen LogP contribution in [0.3, 0.4) is 0 Å². The van der Waals surface area contributed by atoms with Crippen molar-refractivity contribution in [3.63, 3.8) is 0 Å². The SMILES string of the molecule is Cc1cc2c(NCCc3cn4ccccc4n3)ncnc2s1. The Kier molecular flexibility index (Phi) is 3.23. The highest BCUT2D eigenvalue weighted by molar-refractivity contribution is 7.18. The Hall–Kier alpha value is -2.47. The lowest BCUT2D eigenvalue weighted by Crippen LogP contribution is -2.06. The van der Waals surface area contributed by atoms with Crippen LogP contribution in [-0.2, 0) is 6.42 Å². The quantitative estimate of drug-likeness (QED) is 0.628. The van der Waals surface area contributed by atoms with Gasteiger partial charge in [0.2, 0.25) is 0 Å². The summed E-state index contributed by atoms with van der Waals surface area (Å²) in [6.07, 6.45) is 6.56. The molecule has 0 aliphatic carbocycles. The predicted octanol–water partition coefficient (Wildman–Crippen LogP) is 3.30. The molecular weight excluding hydrogens is 294 g/mol. The fourth-order valence-corrected chi connectivity index (χ4v) is 3.38. The molecule has 4 aromatic heterocycles. The molecule has 0 saturated heterocycles. The number of hydrogen-bond donors (Lipinski definition) is 1. The van der Waals surface area contributed by atoms with Gasteiger partial charge in [0.05, 0.1) is 11.1 Å². The maximum atomic E-state index is 4.60. The van der Waals surface area contributed by atoms with Gasteiger partial charge in [-0.25, -0.2) is 15.0 Å². The third kappa shape index (κ3) is 2.42. The predicted molar refractivity (Wildman–Crippen MR) is 89.5 cm³/mol. The van der Waals surface area contributed by atoms with Crippen molar-refractivity contribution in [1.29, 1.82) is 0 Å². The van der Waals surface area contributed by atoms with Crippen LogP contribution in [0.15, 0.2) is 43.0 Å². The molecule has 0 aromatic carbocycles. The number of fused-ring (bicyclic) bond motifs is 2. The topological polar surface area (TPSA) is 55.1 Å². The number of aryl methyl sites for hydroxylation is 1. The number of anilines is 1. The third-order valence-electron chi connectivity index (χ3n) is 3.54. The van der Waals surface area contributed by atoms with Crippen LogP contribution < -0.4 is 5.32 Å². The zero-order valence-corrected chi connectivity index (χ0v) is 13.0. The maximum Gasteiger partial charge on any atom is 0.138 e. The summed E-state index contributed by atoms with van der Waals surface area (Å²) in [5.41, 5.74) is 2.06. The van der Waals surface area contributed by atoms with Crippen LogP contribution in [0.25, 0.3) is 15.9 Å². The molecule has 1 N–H and O–H groups in total. The summed E-state index contributed by atoms with van der Waals surface area (Å²) in [7, 11) is 0. The van der Waals surface area contributed by atoms with Gasteiger partial charge in [0.1, 0.15) is 22.6 Å². The van der Waals surface area contributed by atoms with Crippen molar-refractivity contribution in [3.8, 4) is 0 Å². The van der Waals surface area contributed by atoms with Gasteiger partial charge in [0, 0.05) is 30.2 Å². The van der Waals surface area contributed by atoms with E-state index in [1.807, 2.05) is 28.8 Å². The van der Waals surface area contributed by atoms with E-state index in [2.05, 4.69) is 39.5 Å². The molecule has 4 rings (SSSR count). The minimum atomic E-state index is 0.797. The van der Waals surface area contributed by atoms with E-state index in [4.69, 9.17) is 0 Å². The molecule has 0 aliphatic rings. The van der Waals surface area contributed by atoms with Gasteiger partial charge in [-0.2, -0.15) is 0 Å². The number of pyridine rings is 1. The Morgan fingerprint density at radius 3 is 3.14 bits per heavy atom. The molecule has 0 unspecified atom stereocenters. The Labute approximate surface area is 131 Å². The van der Waals surface area contributed by atoms with Gasteiger partial charge in [-0.1, -0.05) is 6.07 Å². The highest BCUT2D eigenvalue weighted by atomic mass is 32.1. The lowest BCUT2D eigenvalue weighted by Gasteiger charge is -2.04. The summed E-state index contributed by atoms with van der Waals surface area (Å²) in [5.74, 6) is 0.901. The lowest BCUT2D eigenvalue weighted by atomic mass is 10.3. The molecule has 0 spiro atoms. The fourth-order valence-electron chi connectivity index (χ4n) is 2.53. The molecule has 4 aromatic rings. The van der Waals surface area contributed by atoms with E-state index in [0.29, 0.717) is 0 Å². The largest absolute Gasteiger partial charge is 0.369 e. The smallest absolute Gasteiger partial charge is 0.138 e. The molecule has 110 valence electrons. The maximum absolute atomic E-state index is 4.60. The molecule has 0 fully saturated rings. The molecule has 0 aliphatic heterocycles. The molecule has 5 nitrogen and oxygen atoms in total. The number of hydrogen-bond acceptors (Lipinski definition) is 5. The molecule has 0 radical (unpaired) electrons. The first-order valence-corrected chi connectivity index (χ1v) is 7.99. The first kappa shape index (κ1) is 13.2. The highest BCUT2D eigenvalue weighted by Crippen LogP contribution is 2.27. The van der Waals surface area contributed by atoms with Gasteiger partial charge >= 0.3 is 0 Å². The van der Waals surface area contributed by atoms with Crippen LogP contribution in [0.5, 0.6) is 0 Å². The summed E-state index contributed by atoms with van der Waals surface area (Å²) in [6.45, 7) is 2.89. The summed E-state index contributed by atoms with van der Waals surface area (Å²) in [4.78, 5) is 15.5. The van der Waals surface area contributed by atoms with Crippen molar-refractivity contribution in [1.82, 2.24) is 19.4 Å². The van der Waals surface area contributed by atoms with Gasteiger partial charge in [-0.15, -0.1) is 11.3 Å². The number of nitrogens with zero attached hydrogens (tertiary/aromatic N) is 4. The first-order valence-electron chi connectivity index (χ1n) is 7.17. The minimum Gasteiger partial charge on any atom is -0.369 e. The van der Waals surface area contributed by atoms with Crippen LogP contribution >= 0.6 is 11.3 Å². The van der Waals surface area contributed by atoms with Crippen LogP contribution in [0.2, 0.25) is 0 Å². The fraction of sp³-hybridized carbons (Fsp3) is 0.188. The zero-order chi connectivity index (χ0) is 14.9. The van der Waals surface area contributed by atoms with E-state index >= 15 is 0 Å². The van der Waals surface area contributed by atoms with Gasteiger partial charge < -0.3 is 9.72 Å². The van der Waals surface area contributed by atoms with Crippen molar-refractivity contribution in [2.75, 3.05) is 11.9 Å². The molecule has 22 heavy (non-hydrogen) atoms. The van der Waals surface area contributed by atoms with Crippen molar-refractivity contribution in [2.24, 2.45) is 0 Å². The molecule has 0 saturated carbocycles. The van der Waals surface area contributed by atoms with Crippen LogP contribution in [0.1, 0.15) is 10.6 Å². The number of aromatic nitrogens is 4. The van der Waals surface area contributed by atoms with Gasteiger partial charge in [0.25, 0.3) is 0 Å². The second-order valence-corrected chi connectivity index (χ2v) is 6.41. The summed E-state index contributed by atoms with van der Waals surface area (Å²) >= 11 is 1.69. The molecule has 0 atom stereocenters. The van der Waals surface area contributed by atoms with E-state index < -0.39 is 0 Å². The molecule has 6 heteroatoms. The van der Waals surface area contributed by atoms with Crippen molar-refractivity contribution in [3.05, 3.63) is 53.6 Å². The lowest BCUT2D eigenvalue weighted by molar-refractivity contribution is 0.971. The molecule has 4 heterocycles. The average Bonchev–Trinajstić information content (AvgIpc) is 3.09. The van der Waals surface area contributed by atoms with Crippen molar-refractivity contribution >= 4 is 33.0 Å². The van der Waals surface area contributed by atoms with Gasteiger partial charge in [-0.3, -0.25) is 0 Å². The molecular formula is C16H15N5S. The van der Waals surface area contributed by atoms with Crippen molar-refractivity contribution in [2.45, 2.75) is 13.3 Å². The van der Waals surface area contributed by atoms with E-state index in [1.54, 1.807) is 17.7 Å². The number of rotatable bonds is 4. The van der Waals surface area contributed by atoms with E-state index in [1.165, 1.54) is 4.88 Å². The summed E-state index contributed by atoms with van der Waals surface area (Å²) in [5, 5.41) is 4.50. The van der Waals surface area contributed by atoms with E-state index in [9.17, 15) is 0 Å². The summed E-state index contributed by atoms with van der Waals surface area (Å²) < 4.78 is 2.04. The standard InChI is InChI=1S/C16H15N5S/c1-11-8-13-15(18-10-19-16(13)22-11)17-6-5-12-9-21-7-3-2-4-14(21)20-12/h2-4,7-10H,5-6H2,1H3,(H,17,18,19). The minimum absolute atomic E-state index is 0.797. The Bertz CT molecular complexity index is 907. The van der Waals surface area contributed by atoms with Crippen LogP contribution in [0.4, 0.5) is 5.82 Å². The van der Waals surface area contributed by atoms with Crippen LogP contribution in [0, 0.1) is 6.92 Å². The van der Waals surface area contributed by atoms with Gasteiger partial charge in [0.15, 0.2) is 0 Å². The van der Waals surface area contributed by atoms with E-state index in [0.717, 1.165) is 40.3 Å². The Balaban J connectivity index is 1.50. The zero-order valence-electron chi connectivity index (χ0n) is 12.2. The second-order valence-electron chi connectivity index (χ2n) is 5.17. The van der Waals surface area contributed by atoms with Crippen molar-refractivity contribution < 1.29 is 0 Å². The number of thiophene rings is 1. The normalized spacial score (nSPS) is 11.3. The third-order valence-corrected chi connectivity index (χ3v) is 4.50. The van der Waals surface area contributed by atoms with Crippen LogP contribution in [-0.4, -0.2) is 25.9 Å². The molecule has 0 amide bonds.